The SMILES string of the molecule is COC1C2C3C[C@@H]1[C@@H](OC)C[C@]2(O)[C@]1(O)C(OC)C2[C@@]4(COC(=O)c5ccccc5N5C(=O)CCC5=O)CC[C@H](OC)[C@@]32C1N(C=O)C4. The molecule has 1 spiro atoms. The van der Waals surface area contributed by atoms with Gasteiger partial charge in [-0.3, -0.25) is 14.4 Å². The lowest BCUT2D eigenvalue weighted by molar-refractivity contribution is -0.315. The van der Waals surface area contributed by atoms with Crippen molar-refractivity contribution in [3.8, 4) is 0 Å². The number of carbonyl (C=O) groups excluding carboxylic acids is 4. The zero-order chi connectivity index (χ0) is 34.0. The molecule has 7 aliphatic rings. The molecule has 7 fully saturated rings. The van der Waals surface area contributed by atoms with E-state index in [1.807, 2.05) is 0 Å². The molecule has 2 saturated heterocycles. The van der Waals surface area contributed by atoms with Crippen molar-refractivity contribution in [2.45, 2.75) is 80.2 Å². The van der Waals surface area contributed by atoms with E-state index < -0.39 is 64.2 Å². The quantitative estimate of drug-likeness (QED) is 0.219. The van der Waals surface area contributed by atoms with Gasteiger partial charge in [-0.1, -0.05) is 12.1 Å². The summed E-state index contributed by atoms with van der Waals surface area (Å²) >= 11 is 0. The van der Waals surface area contributed by atoms with E-state index in [4.69, 9.17) is 23.7 Å². The van der Waals surface area contributed by atoms with Crippen LogP contribution in [0.3, 0.4) is 0 Å². The maximum absolute atomic E-state index is 13.9. The van der Waals surface area contributed by atoms with Gasteiger partial charge < -0.3 is 38.8 Å². The van der Waals surface area contributed by atoms with E-state index in [0.29, 0.717) is 19.3 Å². The predicted octanol–water partition coefficient (Wildman–Crippen LogP) is 0.926. The summed E-state index contributed by atoms with van der Waals surface area (Å²) in [7, 11) is 6.41. The molecule has 7 bridgehead atoms. The third-order valence-corrected chi connectivity index (χ3v) is 13.9. The molecule has 1 aromatic carbocycles. The Morgan fingerprint density at radius 3 is 2.40 bits per heavy atom. The van der Waals surface area contributed by atoms with Crippen molar-refractivity contribution in [2.75, 3.05) is 46.5 Å². The first-order chi connectivity index (χ1) is 23.0. The van der Waals surface area contributed by atoms with E-state index in [-0.39, 0.29) is 73.4 Å². The number of esters is 1. The molecule has 13 atom stereocenters. The number of piperidine rings is 1. The van der Waals surface area contributed by atoms with Crippen molar-refractivity contribution in [1.29, 1.82) is 0 Å². The Morgan fingerprint density at radius 2 is 1.75 bits per heavy atom. The number of amides is 3. The van der Waals surface area contributed by atoms with Crippen LogP contribution in [-0.4, -0.2) is 123 Å². The topological polar surface area (TPSA) is 161 Å². The second-order valence-electron chi connectivity index (χ2n) is 15.1. The fraction of sp³-hybridized carbons (Fsp3) is 0.714. The van der Waals surface area contributed by atoms with Crippen molar-refractivity contribution in [3.63, 3.8) is 0 Å². The van der Waals surface area contributed by atoms with Crippen LogP contribution in [0.1, 0.15) is 48.9 Å². The van der Waals surface area contributed by atoms with Crippen molar-refractivity contribution >= 4 is 29.9 Å². The number of imide groups is 1. The molecule has 0 radical (unpaired) electrons. The molecule has 6 unspecified atom stereocenters. The van der Waals surface area contributed by atoms with Crippen LogP contribution in [0.5, 0.6) is 0 Å². The predicted molar refractivity (Wildman–Crippen MR) is 165 cm³/mol. The van der Waals surface area contributed by atoms with Crippen LogP contribution in [0.15, 0.2) is 24.3 Å². The number of aliphatic hydroxyl groups is 2. The van der Waals surface area contributed by atoms with Crippen molar-refractivity contribution < 1.29 is 53.1 Å². The Hall–Kier alpha value is -2.94. The van der Waals surface area contributed by atoms with Crippen LogP contribution >= 0.6 is 0 Å². The Bertz CT molecular complexity index is 1540. The normalized spacial score (nSPS) is 46.7. The number of benzene rings is 1. The Kier molecular flexibility index (Phi) is 7.25. The fourth-order valence-corrected chi connectivity index (χ4v) is 12.7. The van der Waals surface area contributed by atoms with Gasteiger partial charge in [0.1, 0.15) is 11.2 Å². The van der Waals surface area contributed by atoms with Crippen molar-refractivity contribution in [2.24, 2.45) is 34.5 Å². The summed E-state index contributed by atoms with van der Waals surface area (Å²) in [5.74, 6) is -2.69. The molecule has 5 saturated carbocycles. The molecular formula is C35H44N2O11. The number of nitrogens with zero attached hydrogens (tertiary/aromatic N) is 2. The maximum atomic E-state index is 13.9. The Balaban J connectivity index is 1.24. The number of hydrogen-bond acceptors (Lipinski definition) is 11. The molecular weight excluding hydrogens is 624 g/mol. The molecule has 1 aromatic rings. The lowest BCUT2D eigenvalue weighted by atomic mass is 9.42. The monoisotopic (exact) mass is 668 g/mol. The molecule has 5 aliphatic carbocycles. The number of ether oxygens (including phenoxy) is 5. The molecule has 13 heteroatoms. The number of anilines is 1. The van der Waals surface area contributed by atoms with Gasteiger partial charge in [-0.05, 0) is 37.3 Å². The number of rotatable bonds is 9. The van der Waals surface area contributed by atoms with E-state index in [1.165, 1.54) is 13.2 Å². The zero-order valence-corrected chi connectivity index (χ0v) is 27.7. The highest BCUT2D eigenvalue weighted by molar-refractivity contribution is 6.21. The first-order valence-corrected chi connectivity index (χ1v) is 16.9. The number of hydrogen-bond donors (Lipinski definition) is 2. The van der Waals surface area contributed by atoms with E-state index in [9.17, 15) is 29.4 Å². The zero-order valence-electron chi connectivity index (χ0n) is 27.7. The third-order valence-electron chi connectivity index (χ3n) is 13.9. The second kappa shape index (κ2) is 10.8. The van der Waals surface area contributed by atoms with Crippen LogP contribution in [0.4, 0.5) is 5.69 Å². The van der Waals surface area contributed by atoms with E-state index in [1.54, 1.807) is 44.4 Å². The standard InChI is InChI=1S/C35H44N2O11/c1-44-22-14-33(42)26-20(13-19(22)27(26)46-3)34-23(45-2)11-12-32(15-36(17-38)31(34)35(33,43)29(47-4)28(32)34)16-48-30(41)18-7-5-6-8-21(18)37-24(39)9-10-25(37)40/h5-8,17,19-20,22-23,26-29,31,42-43H,9-16H2,1-4H3/t19-,20?,22+,23+,26?,27?,28?,29?,31?,32+,33-,34+,35+/m1/s1. The summed E-state index contributed by atoms with van der Waals surface area (Å²) in [6.07, 6.45) is 0.620. The van der Waals surface area contributed by atoms with Gasteiger partial charge in [-0.15, -0.1) is 0 Å². The van der Waals surface area contributed by atoms with Gasteiger partial charge in [0.05, 0.1) is 48.3 Å². The average Bonchev–Trinajstić information content (AvgIpc) is 3.66. The van der Waals surface area contributed by atoms with Crippen LogP contribution in [-0.2, 0) is 38.1 Å². The highest BCUT2D eigenvalue weighted by Gasteiger charge is 2.92. The van der Waals surface area contributed by atoms with Crippen LogP contribution in [0, 0.1) is 34.5 Å². The van der Waals surface area contributed by atoms with Crippen LogP contribution in [0.2, 0.25) is 0 Å². The van der Waals surface area contributed by atoms with Gasteiger partial charge in [0.25, 0.3) is 0 Å². The second-order valence-corrected chi connectivity index (χ2v) is 15.1. The number of methoxy groups -OCH3 is 4. The largest absolute Gasteiger partial charge is 0.461 e. The Labute approximate surface area is 278 Å². The fourth-order valence-electron chi connectivity index (χ4n) is 12.7. The third kappa shape index (κ3) is 3.57. The average molecular weight is 669 g/mol. The Morgan fingerprint density at radius 1 is 1.02 bits per heavy atom. The summed E-state index contributed by atoms with van der Waals surface area (Å²) in [5, 5.41) is 26.3. The molecule has 2 N–H and O–H groups in total. The molecule has 3 amide bonds. The van der Waals surface area contributed by atoms with E-state index in [0.717, 1.165) is 11.3 Å². The summed E-state index contributed by atoms with van der Waals surface area (Å²) in [5.41, 5.74) is -5.13. The molecule has 260 valence electrons. The summed E-state index contributed by atoms with van der Waals surface area (Å²) < 4.78 is 30.8. The number of fused-ring (bicyclic) bond motifs is 2. The van der Waals surface area contributed by atoms with Gasteiger partial charge in [0.15, 0.2) is 0 Å². The smallest absolute Gasteiger partial charge is 0.340 e. The molecule has 0 aromatic heterocycles. The summed E-state index contributed by atoms with van der Waals surface area (Å²) in [6, 6.07) is 5.55. The van der Waals surface area contributed by atoms with Gasteiger partial charge in [-0.2, -0.15) is 0 Å². The maximum Gasteiger partial charge on any atom is 0.340 e. The van der Waals surface area contributed by atoms with Crippen LogP contribution < -0.4 is 4.90 Å². The minimum atomic E-state index is -1.92. The highest BCUT2D eigenvalue weighted by Crippen LogP contribution is 2.80. The first-order valence-electron chi connectivity index (χ1n) is 16.9. The molecule has 13 nitrogen and oxygen atoms in total. The number of para-hydroxylation sites is 1. The summed E-state index contributed by atoms with van der Waals surface area (Å²) in [4.78, 5) is 54.9. The number of carbonyl (C=O) groups is 4. The lowest BCUT2D eigenvalue weighted by Gasteiger charge is -2.69. The molecule has 48 heavy (non-hydrogen) atoms. The van der Waals surface area contributed by atoms with Crippen molar-refractivity contribution in [1.82, 2.24) is 4.90 Å². The molecule has 8 rings (SSSR count). The van der Waals surface area contributed by atoms with Gasteiger partial charge in [0, 0.05) is 82.8 Å². The molecule has 2 heterocycles. The first kappa shape index (κ1) is 32.3. The lowest BCUT2D eigenvalue weighted by Crippen LogP contribution is -2.82. The minimum Gasteiger partial charge on any atom is -0.461 e. The van der Waals surface area contributed by atoms with Crippen LogP contribution in [0.25, 0.3) is 0 Å². The summed E-state index contributed by atoms with van der Waals surface area (Å²) in [6.45, 7) is 0.0497. The van der Waals surface area contributed by atoms with E-state index in [2.05, 4.69) is 0 Å². The van der Waals surface area contributed by atoms with Gasteiger partial charge in [0.2, 0.25) is 18.2 Å². The van der Waals surface area contributed by atoms with Crippen molar-refractivity contribution in [3.05, 3.63) is 29.8 Å². The highest BCUT2D eigenvalue weighted by atomic mass is 16.5. The molecule has 2 aliphatic heterocycles. The minimum absolute atomic E-state index is 0.0434. The van der Waals surface area contributed by atoms with Gasteiger partial charge >= 0.3 is 5.97 Å². The number of likely N-dealkylation sites (tertiary alicyclic amines) is 1. The van der Waals surface area contributed by atoms with Gasteiger partial charge in [-0.25, -0.2) is 9.69 Å². The van der Waals surface area contributed by atoms with E-state index >= 15 is 0 Å².